The summed E-state index contributed by atoms with van der Waals surface area (Å²) < 4.78 is 0. The molecule has 0 bridgehead atoms. The minimum Gasteiger partial charge on any atom is -0.393 e. The zero-order valence-corrected chi connectivity index (χ0v) is 6.45. The molecule has 1 rings (SSSR count). The van der Waals surface area contributed by atoms with E-state index >= 15 is 0 Å². The molecule has 0 aromatic rings. The number of halogens is 1. The average Bonchev–Trinajstić information content (AvgIpc) is 1.55. The van der Waals surface area contributed by atoms with E-state index in [2.05, 4.69) is 5.32 Å². The third-order valence-electron chi connectivity index (χ3n) is 1.54. The SMILES string of the molecule is CC(O)CC1CNC1.Cl. The summed E-state index contributed by atoms with van der Waals surface area (Å²) in [6, 6.07) is 0. The number of hydrogen-bond acceptors (Lipinski definition) is 2. The van der Waals surface area contributed by atoms with Crippen LogP contribution in [-0.2, 0) is 0 Å². The third-order valence-corrected chi connectivity index (χ3v) is 1.54. The van der Waals surface area contributed by atoms with Crippen LogP contribution in [0.5, 0.6) is 0 Å². The molecule has 0 saturated carbocycles. The van der Waals surface area contributed by atoms with Gasteiger partial charge in [0.1, 0.15) is 0 Å². The van der Waals surface area contributed by atoms with Crippen molar-refractivity contribution < 1.29 is 5.11 Å². The van der Waals surface area contributed by atoms with Crippen LogP contribution < -0.4 is 5.32 Å². The van der Waals surface area contributed by atoms with Gasteiger partial charge in [-0.15, -0.1) is 12.4 Å². The van der Waals surface area contributed by atoms with Crippen LogP contribution in [0.1, 0.15) is 13.3 Å². The largest absolute Gasteiger partial charge is 0.393 e. The molecule has 9 heavy (non-hydrogen) atoms. The van der Waals surface area contributed by atoms with E-state index in [9.17, 15) is 0 Å². The van der Waals surface area contributed by atoms with Crippen LogP contribution in [0.4, 0.5) is 0 Å². The highest BCUT2D eigenvalue weighted by atomic mass is 35.5. The monoisotopic (exact) mass is 151 g/mol. The van der Waals surface area contributed by atoms with Gasteiger partial charge in [0.2, 0.25) is 0 Å². The highest BCUT2D eigenvalue weighted by Crippen LogP contribution is 2.09. The molecule has 0 amide bonds. The van der Waals surface area contributed by atoms with Crippen molar-refractivity contribution in [1.29, 1.82) is 0 Å². The molecule has 1 heterocycles. The molecule has 0 spiro atoms. The molecule has 0 radical (unpaired) electrons. The molecule has 2 N–H and O–H groups in total. The van der Waals surface area contributed by atoms with Gasteiger partial charge in [0, 0.05) is 0 Å². The van der Waals surface area contributed by atoms with Gasteiger partial charge in [-0.2, -0.15) is 0 Å². The normalized spacial score (nSPS) is 22.0. The fraction of sp³-hybridized carbons (Fsp3) is 1.00. The molecule has 0 aromatic heterocycles. The van der Waals surface area contributed by atoms with E-state index in [1.165, 1.54) is 0 Å². The number of aliphatic hydroxyl groups is 1. The van der Waals surface area contributed by atoms with Crippen molar-refractivity contribution in [2.45, 2.75) is 19.4 Å². The Kier molecular flexibility index (Phi) is 4.19. The van der Waals surface area contributed by atoms with Gasteiger partial charge >= 0.3 is 0 Å². The molecular formula is C6H14ClNO. The first-order valence-electron chi connectivity index (χ1n) is 3.18. The molecule has 1 fully saturated rings. The van der Waals surface area contributed by atoms with E-state index in [1.807, 2.05) is 6.92 Å². The van der Waals surface area contributed by atoms with Gasteiger partial charge in [-0.05, 0) is 32.4 Å². The van der Waals surface area contributed by atoms with E-state index in [-0.39, 0.29) is 18.5 Å². The van der Waals surface area contributed by atoms with Crippen LogP contribution in [0.3, 0.4) is 0 Å². The molecule has 3 heteroatoms. The Morgan fingerprint density at radius 3 is 2.33 bits per heavy atom. The van der Waals surface area contributed by atoms with Crippen molar-refractivity contribution in [2.75, 3.05) is 13.1 Å². The summed E-state index contributed by atoms with van der Waals surface area (Å²) >= 11 is 0. The lowest BCUT2D eigenvalue weighted by Crippen LogP contribution is -2.43. The van der Waals surface area contributed by atoms with Crippen molar-refractivity contribution in [3.63, 3.8) is 0 Å². The Morgan fingerprint density at radius 1 is 1.67 bits per heavy atom. The predicted molar refractivity (Wildman–Crippen MR) is 39.9 cm³/mol. The molecule has 1 atom stereocenters. The number of nitrogens with one attached hydrogen (secondary N) is 1. The molecule has 2 nitrogen and oxygen atoms in total. The first-order valence-corrected chi connectivity index (χ1v) is 3.18. The van der Waals surface area contributed by atoms with Crippen LogP contribution in [0.2, 0.25) is 0 Å². The predicted octanol–water partition coefficient (Wildman–Crippen LogP) is 0.399. The second-order valence-corrected chi connectivity index (χ2v) is 2.61. The fourth-order valence-corrected chi connectivity index (χ4v) is 0.998. The summed E-state index contributed by atoms with van der Waals surface area (Å²) in [6.45, 7) is 4.05. The topological polar surface area (TPSA) is 32.3 Å². The Bertz CT molecular complexity index is 73.5. The maximum atomic E-state index is 8.86. The van der Waals surface area contributed by atoms with Crippen LogP contribution in [0.25, 0.3) is 0 Å². The summed E-state index contributed by atoms with van der Waals surface area (Å²) in [4.78, 5) is 0. The Balaban J connectivity index is 0.000000640. The molecule has 1 aliphatic heterocycles. The molecule has 0 aromatic carbocycles. The van der Waals surface area contributed by atoms with Gasteiger partial charge < -0.3 is 10.4 Å². The first-order chi connectivity index (χ1) is 3.79. The van der Waals surface area contributed by atoms with Crippen molar-refractivity contribution in [2.24, 2.45) is 5.92 Å². The Morgan fingerprint density at radius 2 is 2.22 bits per heavy atom. The van der Waals surface area contributed by atoms with Gasteiger partial charge in [-0.1, -0.05) is 0 Å². The maximum Gasteiger partial charge on any atom is 0.0515 e. The van der Waals surface area contributed by atoms with Crippen LogP contribution >= 0.6 is 12.4 Å². The molecule has 56 valence electrons. The van der Waals surface area contributed by atoms with Crippen molar-refractivity contribution >= 4 is 12.4 Å². The summed E-state index contributed by atoms with van der Waals surface area (Å²) in [5.74, 6) is 0.745. The zero-order chi connectivity index (χ0) is 5.98. The van der Waals surface area contributed by atoms with E-state index in [1.54, 1.807) is 0 Å². The average molecular weight is 152 g/mol. The van der Waals surface area contributed by atoms with Gasteiger partial charge in [-0.3, -0.25) is 0 Å². The zero-order valence-electron chi connectivity index (χ0n) is 5.63. The minimum absolute atomic E-state index is 0. The van der Waals surface area contributed by atoms with Gasteiger partial charge in [0.05, 0.1) is 6.10 Å². The minimum atomic E-state index is -0.109. The quantitative estimate of drug-likeness (QED) is 0.599. The van der Waals surface area contributed by atoms with Gasteiger partial charge in [0.25, 0.3) is 0 Å². The van der Waals surface area contributed by atoms with E-state index in [0.29, 0.717) is 0 Å². The highest BCUT2D eigenvalue weighted by Gasteiger charge is 2.17. The lowest BCUT2D eigenvalue weighted by molar-refractivity contribution is 0.142. The second-order valence-electron chi connectivity index (χ2n) is 2.61. The Labute approximate surface area is 62.1 Å². The van der Waals surface area contributed by atoms with Crippen LogP contribution in [0, 0.1) is 5.92 Å². The molecular weight excluding hydrogens is 138 g/mol. The summed E-state index contributed by atoms with van der Waals surface area (Å²) in [5.41, 5.74) is 0. The molecule has 1 saturated heterocycles. The highest BCUT2D eigenvalue weighted by molar-refractivity contribution is 5.85. The van der Waals surface area contributed by atoms with Gasteiger partial charge in [-0.25, -0.2) is 0 Å². The first kappa shape index (κ1) is 9.21. The Hall–Kier alpha value is 0.210. The fourth-order valence-electron chi connectivity index (χ4n) is 0.998. The van der Waals surface area contributed by atoms with Crippen molar-refractivity contribution in [3.8, 4) is 0 Å². The number of aliphatic hydroxyl groups excluding tert-OH is 1. The molecule has 0 aliphatic carbocycles. The summed E-state index contributed by atoms with van der Waals surface area (Å²) in [7, 11) is 0. The maximum absolute atomic E-state index is 8.86. The molecule has 1 aliphatic rings. The van der Waals surface area contributed by atoms with Gasteiger partial charge in [0.15, 0.2) is 0 Å². The standard InChI is InChI=1S/C6H13NO.ClH/c1-5(8)2-6-3-7-4-6;/h5-8H,2-4H2,1H3;1H. The third kappa shape index (κ3) is 3.04. The summed E-state index contributed by atoms with van der Waals surface area (Å²) in [5, 5.41) is 12.0. The van der Waals surface area contributed by atoms with Crippen molar-refractivity contribution in [3.05, 3.63) is 0 Å². The lowest BCUT2D eigenvalue weighted by Gasteiger charge is -2.27. The molecule has 1 unspecified atom stereocenters. The van der Waals surface area contributed by atoms with Crippen LogP contribution in [-0.4, -0.2) is 24.3 Å². The summed E-state index contributed by atoms with van der Waals surface area (Å²) in [6.07, 6.45) is 0.856. The lowest BCUT2D eigenvalue weighted by atomic mass is 9.97. The van der Waals surface area contributed by atoms with E-state index in [4.69, 9.17) is 5.11 Å². The van der Waals surface area contributed by atoms with E-state index in [0.717, 1.165) is 25.4 Å². The van der Waals surface area contributed by atoms with Crippen LogP contribution in [0.15, 0.2) is 0 Å². The van der Waals surface area contributed by atoms with E-state index < -0.39 is 0 Å². The second kappa shape index (κ2) is 4.09. The number of hydrogen-bond donors (Lipinski definition) is 2. The smallest absolute Gasteiger partial charge is 0.0515 e. The number of rotatable bonds is 2. The van der Waals surface area contributed by atoms with Crippen molar-refractivity contribution in [1.82, 2.24) is 5.32 Å².